The van der Waals surface area contributed by atoms with Crippen molar-refractivity contribution in [2.45, 2.75) is 85.3 Å². The molecule has 0 bridgehead atoms. The molecule has 0 saturated heterocycles. The molecule has 0 aliphatic rings. The van der Waals surface area contributed by atoms with Crippen molar-refractivity contribution in [2.75, 3.05) is 6.54 Å². The average molecular weight is 416 g/mol. The zero-order chi connectivity index (χ0) is 20.7. The van der Waals surface area contributed by atoms with Gasteiger partial charge in [-0.15, -0.1) is 12.4 Å². The number of hydrogen-bond acceptors (Lipinski definition) is 5. The number of phenolic OH excluding ortho intramolecular Hbond substituents is 1. The summed E-state index contributed by atoms with van der Waals surface area (Å²) in [6.07, 6.45) is 3.59. The molecule has 0 aliphatic carbocycles. The van der Waals surface area contributed by atoms with Gasteiger partial charge in [0.15, 0.2) is 11.5 Å². The van der Waals surface area contributed by atoms with E-state index in [1.807, 2.05) is 20.8 Å². The number of aliphatic hydroxyl groups excluding tert-OH is 1. The van der Waals surface area contributed by atoms with E-state index in [-0.39, 0.29) is 35.4 Å². The molecule has 0 amide bonds. The van der Waals surface area contributed by atoms with E-state index in [0.29, 0.717) is 23.9 Å². The summed E-state index contributed by atoms with van der Waals surface area (Å²) in [6.45, 7) is 13.1. The number of β-amino-alcohol motifs (C(OH)–C–C–N with tert-alkyl or cyclic N) is 1. The van der Waals surface area contributed by atoms with Gasteiger partial charge >= 0.3 is 5.97 Å². The molecule has 0 saturated carbocycles. The third-order valence-corrected chi connectivity index (χ3v) is 4.22. The third-order valence-electron chi connectivity index (χ3n) is 4.22. The van der Waals surface area contributed by atoms with Crippen LogP contribution in [0.1, 0.15) is 85.3 Å². The highest BCUT2D eigenvalue weighted by Crippen LogP contribution is 2.30. The van der Waals surface area contributed by atoms with Crippen molar-refractivity contribution in [3.05, 3.63) is 23.8 Å². The maximum atomic E-state index is 12.0. The zero-order valence-electron chi connectivity index (χ0n) is 18.2. The number of rotatable bonds is 9. The Morgan fingerprint density at radius 2 is 1.75 bits per heavy atom. The maximum Gasteiger partial charge on any atom is 0.311 e. The molecule has 0 fully saturated rings. The molecule has 5 nitrogen and oxygen atoms in total. The van der Waals surface area contributed by atoms with Gasteiger partial charge in [-0.25, -0.2) is 0 Å². The predicted octanol–water partition coefficient (Wildman–Crippen LogP) is 5.14. The Labute approximate surface area is 176 Å². The van der Waals surface area contributed by atoms with E-state index in [0.717, 1.165) is 25.7 Å². The minimum atomic E-state index is -0.748. The number of nitrogens with one attached hydrogen (secondary N) is 1. The number of aliphatic hydroxyl groups is 1. The van der Waals surface area contributed by atoms with E-state index in [1.165, 1.54) is 12.1 Å². The first-order chi connectivity index (χ1) is 12.4. The average Bonchev–Trinajstić information content (AvgIpc) is 2.52. The first kappa shape index (κ1) is 26.7. The van der Waals surface area contributed by atoms with Gasteiger partial charge < -0.3 is 20.3 Å². The number of halogens is 1. The molecule has 0 heterocycles. The second-order valence-corrected chi connectivity index (χ2v) is 9.47. The number of carbonyl (C=O) groups excluding carboxylic acids is 1. The van der Waals surface area contributed by atoms with Crippen LogP contribution in [0.5, 0.6) is 11.5 Å². The molecule has 0 aromatic heterocycles. The number of phenols is 1. The topological polar surface area (TPSA) is 78.8 Å². The van der Waals surface area contributed by atoms with Gasteiger partial charge in [0.25, 0.3) is 0 Å². The third kappa shape index (κ3) is 11.5. The van der Waals surface area contributed by atoms with Gasteiger partial charge in [0.1, 0.15) is 0 Å². The summed E-state index contributed by atoms with van der Waals surface area (Å²) in [7, 11) is 0. The zero-order valence-corrected chi connectivity index (χ0v) is 19.0. The van der Waals surface area contributed by atoms with Crippen LogP contribution in [0.3, 0.4) is 0 Å². The molecule has 1 atom stereocenters. The lowest BCUT2D eigenvalue weighted by molar-refractivity contribution is -0.134. The molecule has 28 heavy (non-hydrogen) atoms. The first-order valence-corrected chi connectivity index (χ1v) is 9.84. The molecular weight excluding hydrogens is 378 g/mol. The largest absolute Gasteiger partial charge is 0.504 e. The Balaban J connectivity index is 0.00000729. The lowest BCUT2D eigenvalue weighted by Gasteiger charge is -2.23. The van der Waals surface area contributed by atoms with Crippen molar-refractivity contribution in [2.24, 2.45) is 5.41 Å². The Morgan fingerprint density at radius 1 is 1.11 bits per heavy atom. The maximum absolute atomic E-state index is 12.0. The fourth-order valence-corrected chi connectivity index (χ4v) is 2.62. The van der Waals surface area contributed by atoms with Crippen molar-refractivity contribution in [3.63, 3.8) is 0 Å². The number of aromatic hydroxyl groups is 1. The molecular formula is C22H38ClNO4. The van der Waals surface area contributed by atoms with Gasteiger partial charge in [0.05, 0.1) is 6.10 Å². The molecule has 6 heteroatoms. The molecule has 162 valence electrons. The summed E-state index contributed by atoms with van der Waals surface area (Å²) in [5.41, 5.74) is 0.790. The van der Waals surface area contributed by atoms with Crippen molar-refractivity contribution in [1.29, 1.82) is 0 Å². The normalized spacial score (nSPS) is 13.0. The number of esters is 1. The van der Waals surface area contributed by atoms with Gasteiger partial charge in [0.2, 0.25) is 0 Å². The SMILES string of the molecule is CC(C)(C)CCCCCC(=O)Oc1ccc(C(O)CNC(C)(C)C)cc1O.Cl. The molecule has 1 aromatic rings. The molecule has 0 spiro atoms. The Bertz CT molecular complexity index is 606. The quantitative estimate of drug-likeness (QED) is 0.295. The first-order valence-electron chi connectivity index (χ1n) is 9.84. The van der Waals surface area contributed by atoms with Gasteiger partial charge in [0, 0.05) is 18.5 Å². The Morgan fingerprint density at radius 3 is 2.29 bits per heavy atom. The predicted molar refractivity (Wildman–Crippen MR) is 116 cm³/mol. The van der Waals surface area contributed by atoms with Crippen LogP contribution in [0.25, 0.3) is 0 Å². The van der Waals surface area contributed by atoms with E-state index in [1.54, 1.807) is 6.07 Å². The highest BCUT2D eigenvalue weighted by Gasteiger charge is 2.16. The highest BCUT2D eigenvalue weighted by molar-refractivity contribution is 5.85. The summed E-state index contributed by atoms with van der Waals surface area (Å²) >= 11 is 0. The highest BCUT2D eigenvalue weighted by atomic mass is 35.5. The van der Waals surface area contributed by atoms with Crippen LogP contribution in [-0.2, 0) is 4.79 Å². The van der Waals surface area contributed by atoms with Crippen molar-refractivity contribution < 1.29 is 19.7 Å². The van der Waals surface area contributed by atoms with E-state index in [4.69, 9.17) is 4.74 Å². The lowest BCUT2D eigenvalue weighted by Crippen LogP contribution is -2.38. The smallest absolute Gasteiger partial charge is 0.311 e. The summed E-state index contributed by atoms with van der Waals surface area (Å²) in [4.78, 5) is 12.0. The van der Waals surface area contributed by atoms with Crippen LogP contribution in [0.2, 0.25) is 0 Å². The van der Waals surface area contributed by atoms with Crippen LogP contribution in [0.4, 0.5) is 0 Å². The molecule has 1 rings (SSSR count). The van der Waals surface area contributed by atoms with E-state index < -0.39 is 6.10 Å². The van der Waals surface area contributed by atoms with Gasteiger partial charge in [-0.1, -0.05) is 39.7 Å². The monoisotopic (exact) mass is 415 g/mol. The minimum absolute atomic E-state index is 0. The van der Waals surface area contributed by atoms with Crippen molar-refractivity contribution in [1.82, 2.24) is 5.32 Å². The van der Waals surface area contributed by atoms with Crippen molar-refractivity contribution in [3.8, 4) is 11.5 Å². The second-order valence-electron chi connectivity index (χ2n) is 9.47. The van der Waals surface area contributed by atoms with Crippen LogP contribution in [0.15, 0.2) is 18.2 Å². The minimum Gasteiger partial charge on any atom is -0.504 e. The number of hydrogen-bond donors (Lipinski definition) is 3. The van der Waals surface area contributed by atoms with E-state index in [9.17, 15) is 15.0 Å². The summed E-state index contributed by atoms with van der Waals surface area (Å²) < 4.78 is 5.26. The molecule has 0 radical (unpaired) electrons. The number of unbranched alkanes of at least 4 members (excludes halogenated alkanes) is 2. The van der Waals surface area contributed by atoms with Crippen LogP contribution in [-0.4, -0.2) is 28.3 Å². The van der Waals surface area contributed by atoms with Crippen LogP contribution >= 0.6 is 12.4 Å². The van der Waals surface area contributed by atoms with E-state index in [2.05, 4.69) is 26.1 Å². The second kappa shape index (κ2) is 11.6. The van der Waals surface area contributed by atoms with Gasteiger partial charge in [-0.2, -0.15) is 0 Å². The number of benzene rings is 1. The fourth-order valence-electron chi connectivity index (χ4n) is 2.62. The van der Waals surface area contributed by atoms with Crippen LogP contribution in [0, 0.1) is 5.41 Å². The van der Waals surface area contributed by atoms with Crippen LogP contribution < -0.4 is 10.1 Å². The molecule has 0 aliphatic heterocycles. The summed E-state index contributed by atoms with van der Waals surface area (Å²) in [5.74, 6) is -0.346. The van der Waals surface area contributed by atoms with Crippen molar-refractivity contribution >= 4 is 18.4 Å². The number of carbonyl (C=O) groups is 1. The fraction of sp³-hybridized carbons (Fsp3) is 0.682. The van der Waals surface area contributed by atoms with Gasteiger partial charge in [-0.3, -0.25) is 4.79 Å². The molecule has 1 unspecified atom stereocenters. The Hall–Kier alpha value is -1.30. The van der Waals surface area contributed by atoms with E-state index >= 15 is 0 Å². The summed E-state index contributed by atoms with van der Waals surface area (Å²) in [6, 6.07) is 4.64. The molecule has 1 aromatic carbocycles. The lowest BCUT2D eigenvalue weighted by atomic mass is 9.89. The number of ether oxygens (including phenoxy) is 1. The standard InChI is InChI=1S/C22H37NO4.ClH/c1-21(2,3)13-9-7-8-10-20(26)27-19-12-11-16(14-17(19)24)18(25)15-23-22(4,5)6;/h11-12,14,18,23-25H,7-10,13,15H2,1-6H3;1H. The molecule has 3 N–H and O–H groups in total. The van der Waals surface area contributed by atoms with Gasteiger partial charge in [-0.05, 0) is 56.7 Å². The Kier molecular flexibility index (Phi) is 11.1. The summed E-state index contributed by atoms with van der Waals surface area (Å²) in [5, 5.41) is 23.5.